The van der Waals surface area contributed by atoms with Crippen molar-refractivity contribution in [2.24, 2.45) is 5.41 Å². The summed E-state index contributed by atoms with van der Waals surface area (Å²) >= 11 is 0. The van der Waals surface area contributed by atoms with Crippen molar-refractivity contribution in [3.8, 4) is 0 Å². The molecule has 1 saturated heterocycles. The van der Waals surface area contributed by atoms with Crippen LogP contribution in [0.5, 0.6) is 0 Å². The highest BCUT2D eigenvalue weighted by molar-refractivity contribution is 4.93. The van der Waals surface area contributed by atoms with Gasteiger partial charge in [-0.2, -0.15) is 0 Å². The van der Waals surface area contributed by atoms with Crippen LogP contribution in [0.15, 0.2) is 0 Å². The van der Waals surface area contributed by atoms with Gasteiger partial charge in [-0.1, -0.05) is 20.8 Å². The van der Waals surface area contributed by atoms with Crippen molar-refractivity contribution in [3.05, 3.63) is 0 Å². The van der Waals surface area contributed by atoms with E-state index >= 15 is 0 Å². The normalized spacial score (nSPS) is 29.5. The summed E-state index contributed by atoms with van der Waals surface area (Å²) in [5.41, 5.74) is 0.364. The van der Waals surface area contributed by atoms with E-state index in [9.17, 15) is 0 Å². The molecule has 0 radical (unpaired) electrons. The molecule has 0 aromatic heterocycles. The van der Waals surface area contributed by atoms with Crippen LogP contribution in [-0.4, -0.2) is 49.8 Å². The quantitative estimate of drug-likeness (QED) is 0.735. The predicted octanol–water partition coefficient (Wildman–Crippen LogP) is 1.88. The number of nitrogens with one attached hydrogen (secondary N) is 1. The molecule has 2 fully saturated rings. The summed E-state index contributed by atoms with van der Waals surface area (Å²) in [6, 6.07) is 1.44. The molecule has 1 heterocycles. The zero-order valence-electron chi connectivity index (χ0n) is 11.7. The lowest BCUT2D eigenvalue weighted by Gasteiger charge is -2.34. The van der Waals surface area contributed by atoms with Gasteiger partial charge in [-0.25, -0.2) is 0 Å². The first-order valence-corrected chi connectivity index (χ1v) is 7.20. The molecule has 1 atom stereocenters. The van der Waals surface area contributed by atoms with Gasteiger partial charge in [0.25, 0.3) is 0 Å². The van der Waals surface area contributed by atoms with E-state index in [0.717, 1.165) is 25.8 Å². The lowest BCUT2D eigenvalue weighted by atomic mass is 9.86. The van der Waals surface area contributed by atoms with Gasteiger partial charge < -0.3 is 10.1 Å². The third kappa shape index (κ3) is 3.67. The number of rotatable bonds is 7. The molecule has 1 aliphatic heterocycles. The van der Waals surface area contributed by atoms with Crippen molar-refractivity contribution in [2.75, 3.05) is 32.8 Å². The fraction of sp³-hybridized carbons (Fsp3) is 1.00. The summed E-state index contributed by atoms with van der Waals surface area (Å²) in [6.45, 7) is 12.1. The Morgan fingerprint density at radius 3 is 2.65 bits per heavy atom. The minimum Gasteiger partial charge on any atom is -0.381 e. The van der Waals surface area contributed by atoms with E-state index in [2.05, 4.69) is 31.0 Å². The van der Waals surface area contributed by atoms with Crippen molar-refractivity contribution in [3.63, 3.8) is 0 Å². The van der Waals surface area contributed by atoms with Crippen LogP contribution in [0.4, 0.5) is 0 Å². The zero-order valence-corrected chi connectivity index (χ0v) is 11.7. The van der Waals surface area contributed by atoms with E-state index in [1.54, 1.807) is 0 Å². The monoisotopic (exact) mass is 240 g/mol. The molecule has 0 aromatic carbocycles. The van der Waals surface area contributed by atoms with Gasteiger partial charge in [-0.3, -0.25) is 4.90 Å². The molecule has 0 spiro atoms. The Morgan fingerprint density at radius 1 is 1.41 bits per heavy atom. The van der Waals surface area contributed by atoms with Crippen LogP contribution in [0.25, 0.3) is 0 Å². The molecule has 3 heteroatoms. The van der Waals surface area contributed by atoms with Gasteiger partial charge in [0.2, 0.25) is 0 Å². The third-order valence-electron chi connectivity index (χ3n) is 4.08. The first-order chi connectivity index (χ1) is 8.15. The minimum absolute atomic E-state index is 0.364. The molecule has 1 N–H and O–H groups in total. The van der Waals surface area contributed by atoms with Crippen LogP contribution in [-0.2, 0) is 4.74 Å². The summed E-state index contributed by atoms with van der Waals surface area (Å²) < 4.78 is 5.67. The largest absolute Gasteiger partial charge is 0.381 e. The molecule has 100 valence electrons. The zero-order chi connectivity index (χ0) is 12.3. The Kier molecular flexibility index (Phi) is 4.45. The van der Waals surface area contributed by atoms with Crippen molar-refractivity contribution in [1.82, 2.24) is 10.2 Å². The lowest BCUT2D eigenvalue weighted by Crippen LogP contribution is -2.46. The van der Waals surface area contributed by atoms with Gasteiger partial charge in [0.15, 0.2) is 0 Å². The molecule has 0 amide bonds. The van der Waals surface area contributed by atoms with Crippen molar-refractivity contribution >= 4 is 0 Å². The van der Waals surface area contributed by atoms with Gasteiger partial charge in [-0.15, -0.1) is 0 Å². The molecule has 1 aliphatic carbocycles. The predicted molar refractivity (Wildman–Crippen MR) is 71.3 cm³/mol. The molecular formula is C14H28N2O. The SMILES string of the molecule is CCN(CC1(CNC(C)C)CCOC1)C1CC1. The van der Waals surface area contributed by atoms with E-state index in [1.165, 1.54) is 32.4 Å². The van der Waals surface area contributed by atoms with E-state index in [0.29, 0.717) is 11.5 Å². The van der Waals surface area contributed by atoms with E-state index in [-0.39, 0.29) is 0 Å². The number of hydrogen-bond donors (Lipinski definition) is 1. The molecular weight excluding hydrogens is 212 g/mol. The smallest absolute Gasteiger partial charge is 0.0547 e. The second-order valence-corrected chi connectivity index (χ2v) is 6.13. The minimum atomic E-state index is 0.364. The maximum Gasteiger partial charge on any atom is 0.0547 e. The van der Waals surface area contributed by atoms with Crippen molar-refractivity contribution < 1.29 is 4.74 Å². The average Bonchev–Trinajstić information content (AvgIpc) is 3.05. The fourth-order valence-electron chi connectivity index (χ4n) is 2.76. The maximum absolute atomic E-state index is 5.67. The average molecular weight is 240 g/mol. The first kappa shape index (κ1) is 13.3. The molecule has 0 bridgehead atoms. The maximum atomic E-state index is 5.67. The highest BCUT2D eigenvalue weighted by Crippen LogP contribution is 2.34. The first-order valence-electron chi connectivity index (χ1n) is 7.20. The van der Waals surface area contributed by atoms with Crippen LogP contribution in [0, 0.1) is 5.41 Å². The topological polar surface area (TPSA) is 24.5 Å². The highest BCUT2D eigenvalue weighted by Gasteiger charge is 2.39. The Labute approximate surface area is 106 Å². The Hall–Kier alpha value is -0.120. The summed E-state index contributed by atoms with van der Waals surface area (Å²) in [7, 11) is 0. The van der Waals surface area contributed by atoms with Gasteiger partial charge >= 0.3 is 0 Å². The summed E-state index contributed by atoms with van der Waals surface area (Å²) in [6.07, 6.45) is 4.03. The van der Waals surface area contributed by atoms with Crippen LogP contribution in [0.3, 0.4) is 0 Å². The second kappa shape index (κ2) is 5.68. The Bertz CT molecular complexity index is 232. The van der Waals surface area contributed by atoms with Crippen LogP contribution in [0.2, 0.25) is 0 Å². The second-order valence-electron chi connectivity index (χ2n) is 6.13. The van der Waals surface area contributed by atoms with E-state index in [1.807, 2.05) is 0 Å². The molecule has 17 heavy (non-hydrogen) atoms. The molecule has 2 aliphatic rings. The van der Waals surface area contributed by atoms with Crippen molar-refractivity contribution in [1.29, 1.82) is 0 Å². The Balaban J connectivity index is 1.90. The summed E-state index contributed by atoms with van der Waals surface area (Å²) in [4.78, 5) is 2.66. The van der Waals surface area contributed by atoms with Crippen LogP contribution < -0.4 is 5.32 Å². The van der Waals surface area contributed by atoms with Gasteiger partial charge in [0, 0.05) is 37.2 Å². The number of hydrogen-bond acceptors (Lipinski definition) is 3. The van der Waals surface area contributed by atoms with E-state index in [4.69, 9.17) is 4.74 Å². The van der Waals surface area contributed by atoms with E-state index < -0.39 is 0 Å². The van der Waals surface area contributed by atoms with Gasteiger partial charge in [0.05, 0.1) is 6.61 Å². The highest BCUT2D eigenvalue weighted by atomic mass is 16.5. The molecule has 1 saturated carbocycles. The summed E-state index contributed by atoms with van der Waals surface area (Å²) in [5, 5.41) is 3.61. The third-order valence-corrected chi connectivity index (χ3v) is 4.08. The fourth-order valence-corrected chi connectivity index (χ4v) is 2.76. The molecule has 1 unspecified atom stereocenters. The Morgan fingerprint density at radius 2 is 2.18 bits per heavy atom. The molecule has 2 rings (SSSR count). The van der Waals surface area contributed by atoms with Gasteiger partial charge in [-0.05, 0) is 25.8 Å². The number of ether oxygens (including phenoxy) is 1. The van der Waals surface area contributed by atoms with Crippen molar-refractivity contribution in [2.45, 2.75) is 52.1 Å². The lowest BCUT2D eigenvalue weighted by molar-refractivity contribution is 0.105. The number of nitrogens with zero attached hydrogens (tertiary/aromatic N) is 1. The summed E-state index contributed by atoms with van der Waals surface area (Å²) in [5.74, 6) is 0. The van der Waals surface area contributed by atoms with Gasteiger partial charge in [0.1, 0.15) is 0 Å². The molecule has 3 nitrogen and oxygen atoms in total. The standard InChI is InChI=1S/C14H28N2O/c1-4-16(13-5-6-13)10-14(7-8-17-11-14)9-15-12(2)3/h12-13,15H,4-11H2,1-3H3. The van der Waals surface area contributed by atoms with Crippen LogP contribution in [0.1, 0.15) is 40.0 Å². The van der Waals surface area contributed by atoms with Crippen LogP contribution >= 0.6 is 0 Å². The molecule has 0 aromatic rings.